The molecule has 0 aliphatic heterocycles. The first kappa shape index (κ1) is 18.3. The van der Waals surface area contributed by atoms with Crippen molar-refractivity contribution in [1.82, 2.24) is 14.8 Å². The zero-order valence-corrected chi connectivity index (χ0v) is 16.4. The van der Waals surface area contributed by atoms with Gasteiger partial charge in [0, 0.05) is 18.8 Å². The Labute approximate surface area is 166 Å². The number of thiophene rings is 1. The summed E-state index contributed by atoms with van der Waals surface area (Å²) in [5.41, 5.74) is 2.63. The van der Waals surface area contributed by atoms with Gasteiger partial charge in [-0.25, -0.2) is 14.1 Å². The van der Waals surface area contributed by atoms with Crippen LogP contribution in [0.5, 0.6) is 0 Å². The van der Waals surface area contributed by atoms with Crippen molar-refractivity contribution in [1.29, 1.82) is 0 Å². The number of nitrogens with zero attached hydrogens (tertiary/aromatic N) is 4. The van der Waals surface area contributed by atoms with Gasteiger partial charge in [-0.1, -0.05) is 6.07 Å². The summed E-state index contributed by atoms with van der Waals surface area (Å²) in [6, 6.07) is 11.7. The minimum absolute atomic E-state index is 0.157. The van der Waals surface area contributed by atoms with Crippen LogP contribution in [0.4, 0.5) is 10.1 Å². The van der Waals surface area contributed by atoms with Gasteiger partial charge in [0.1, 0.15) is 5.82 Å². The number of rotatable bonds is 5. The molecular formula is C21H19FN4OS. The molecule has 0 spiro atoms. The molecule has 0 unspecified atom stereocenters. The van der Waals surface area contributed by atoms with E-state index >= 15 is 0 Å². The first-order valence-corrected chi connectivity index (χ1v) is 9.98. The van der Waals surface area contributed by atoms with E-state index in [2.05, 4.69) is 5.10 Å². The molecule has 0 saturated carbocycles. The number of aryl methyl sites for hydroxylation is 1. The molecule has 4 aromatic rings. The van der Waals surface area contributed by atoms with E-state index in [1.54, 1.807) is 39.2 Å². The number of hydrogen-bond donors (Lipinski definition) is 0. The van der Waals surface area contributed by atoms with Crippen molar-refractivity contribution in [2.24, 2.45) is 0 Å². The zero-order valence-electron chi connectivity index (χ0n) is 15.6. The average Bonchev–Trinajstić information content (AvgIpc) is 3.38. The molecule has 142 valence electrons. The molecule has 5 nitrogen and oxygen atoms in total. The monoisotopic (exact) mass is 394 g/mol. The van der Waals surface area contributed by atoms with Gasteiger partial charge in [-0.3, -0.25) is 4.79 Å². The summed E-state index contributed by atoms with van der Waals surface area (Å²) in [7, 11) is 0. The number of fused-ring (bicyclic) bond motifs is 1. The van der Waals surface area contributed by atoms with Gasteiger partial charge in [0.25, 0.3) is 5.91 Å². The van der Waals surface area contributed by atoms with Gasteiger partial charge in [0.2, 0.25) is 0 Å². The SMILES string of the molecule is CCN(C(=O)c1cc(-c2cccs2)nc2c1cnn2CC)c1ccc(F)cc1. The van der Waals surface area contributed by atoms with E-state index < -0.39 is 0 Å². The predicted octanol–water partition coefficient (Wildman–Crippen LogP) is 4.99. The Bertz CT molecular complexity index is 1120. The fourth-order valence-electron chi connectivity index (χ4n) is 3.22. The Morgan fingerprint density at radius 1 is 1.21 bits per heavy atom. The molecule has 3 heterocycles. The van der Waals surface area contributed by atoms with Crippen LogP contribution >= 0.6 is 11.3 Å². The molecule has 0 atom stereocenters. The molecule has 0 fully saturated rings. The number of amides is 1. The van der Waals surface area contributed by atoms with E-state index in [0.29, 0.717) is 35.4 Å². The first-order chi connectivity index (χ1) is 13.6. The quantitative estimate of drug-likeness (QED) is 0.479. The Hall–Kier alpha value is -3.06. The van der Waals surface area contributed by atoms with Crippen LogP contribution in [0.2, 0.25) is 0 Å². The smallest absolute Gasteiger partial charge is 0.259 e. The summed E-state index contributed by atoms with van der Waals surface area (Å²) in [4.78, 5) is 20.8. The lowest BCUT2D eigenvalue weighted by atomic mass is 10.1. The zero-order chi connectivity index (χ0) is 19.7. The Morgan fingerprint density at radius 3 is 2.64 bits per heavy atom. The molecule has 1 amide bonds. The maximum absolute atomic E-state index is 13.5. The number of pyridine rings is 1. The standard InChI is InChI=1S/C21H19FN4OS/c1-3-25(15-9-7-14(22)8-10-15)21(27)16-12-18(19-6-5-11-28-19)24-20-17(16)13-23-26(20)4-2/h5-13H,3-4H2,1-2H3. The number of anilines is 1. The molecular weight excluding hydrogens is 375 g/mol. The fourth-order valence-corrected chi connectivity index (χ4v) is 3.90. The summed E-state index contributed by atoms with van der Waals surface area (Å²) in [6.45, 7) is 5.01. The van der Waals surface area contributed by atoms with Gasteiger partial charge in [-0.15, -0.1) is 11.3 Å². The summed E-state index contributed by atoms with van der Waals surface area (Å²) >= 11 is 1.57. The van der Waals surface area contributed by atoms with Crippen LogP contribution in [0.15, 0.2) is 54.0 Å². The molecule has 4 rings (SSSR count). The van der Waals surface area contributed by atoms with E-state index in [1.807, 2.05) is 37.4 Å². The van der Waals surface area contributed by atoms with Crippen molar-refractivity contribution >= 4 is 34.0 Å². The molecule has 0 N–H and O–H groups in total. The fraction of sp³-hybridized carbons (Fsp3) is 0.190. The second-order valence-corrected chi connectivity index (χ2v) is 7.20. The first-order valence-electron chi connectivity index (χ1n) is 9.10. The Balaban J connectivity index is 1.87. The summed E-state index contributed by atoms with van der Waals surface area (Å²) in [6.07, 6.45) is 1.69. The summed E-state index contributed by atoms with van der Waals surface area (Å²) in [5, 5.41) is 7.08. The third kappa shape index (κ3) is 3.18. The lowest BCUT2D eigenvalue weighted by molar-refractivity contribution is 0.0990. The van der Waals surface area contributed by atoms with Crippen molar-refractivity contribution in [2.45, 2.75) is 20.4 Å². The number of hydrogen-bond acceptors (Lipinski definition) is 4. The minimum atomic E-state index is -0.331. The molecule has 28 heavy (non-hydrogen) atoms. The van der Waals surface area contributed by atoms with Crippen LogP contribution in [0, 0.1) is 5.82 Å². The Kier molecular flexibility index (Phi) is 4.92. The van der Waals surface area contributed by atoms with Crippen LogP contribution in [-0.2, 0) is 6.54 Å². The van der Waals surface area contributed by atoms with E-state index in [1.165, 1.54) is 12.1 Å². The minimum Gasteiger partial charge on any atom is -0.309 e. The molecule has 0 aliphatic rings. The lowest BCUT2D eigenvalue weighted by Crippen LogP contribution is -2.30. The summed E-state index contributed by atoms with van der Waals surface area (Å²) < 4.78 is 15.1. The second-order valence-electron chi connectivity index (χ2n) is 6.26. The van der Waals surface area contributed by atoms with Gasteiger partial charge < -0.3 is 4.90 Å². The van der Waals surface area contributed by atoms with Gasteiger partial charge in [0.15, 0.2) is 5.65 Å². The van der Waals surface area contributed by atoms with E-state index in [4.69, 9.17) is 4.98 Å². The number of benzene rings is 1. The van der Waals surface area contributed by atoms with Crippen molar-refractivity contribution < 1.29 is 9.18 Å². The predicted molar refractivity (Wildman–Crippen MR) is 110 cm³/mol. The van der Waals surface area contributed by atoms with Crippen LogP contribution in [-0.4, -0.2) is 27.2 Å². The van der Waals surface area contributed by atoms with E-state index in [-0.39, 0.29) is 11.7 Å². The molecule has 7 heteroatoms. The largest absolute Gasteiger partial charge is 0.309 e. The molecule has 3 aromatic heterocycles. The second kappa shape index (κ2) is 7.52. The van der Waals surface area contributed by atoms with Crippen molar-refractivity contribution in [3.8, 4) is 10.6 Å². The molecule has 0 aliphatic carbocycles. The number of carbonyl (C=O) groups excluding carboxylic acids is 1. The van der Waals surface area contributed by atoms with Crippen molar-refractivity contribution in [3.63, 3.8) is 0 Å². The van der Waals surface area contributed by atoms with E-state index in [9.17, 15) is 9.18 Å². The topological polar surface area (TPSA) is 51.0 Å². The lowest BCUT2D eigenvalue weighted by Gasteiger charge is -2.21. The maximum Gasteiger partial charge on any atom is 0.259 e. The molecule has 0 bridgehead atoms. The van der Waals surface area contributed by atoms with Crippen LogP contribution in [0.3, 0.4) is 0 Å². The third-order valence-corrected chi connectivity index (χ3v) is 5.50. The third-order valence-electron chi connectivity index (χ3n) is 4.61. The highest BCUT2D eigenvalue weighted by molar-refractivity contribution is 7.13. The highest BCUT2D eigenvalue weighted by Gasteiger charge is 2.22. The van der Waals surface area contributed by atoms with Gasteiger partial charge in [-0.05, 0) is 55.6 Å². The van der Waals surface area contributed by atoms with Gasteiger partial charge in [0.05, 0.1) is 27.7 Å². The van der Waals surface area contributed by atoms with E-state index in [0.717, 1.165) is 10.6 Å². The number of carbonyl (C=O) groups is 1. The average molecular weight is 394 g/mol. The highest BCUT2D eigenvalue weighted by atomic mass is 32.1. The van der Waals surface area contributed by atoms with Crippen LogP contribution < -0.4 is 4.90 Å². The molecule has 0 radical (unpaired) electrons. The number of aromatic nitrogens is 3. The molecule has 0 saturated heterocycles. The van der Waals surface area contributed by atoms with Crippen LogP contribution in [0.1, 0.15) is 24.2 Å². The number of halogens is 1. The molecule has 1 aromatic carbocycles. The van der Waals surface area contributed by atoms with Gasteiger partial charge >= 0.3 is 0 Å². The van der Waals surface area contributed by atoms with Gasteiger partial charge in [-0.2, -0.15) is 5.10 Å². The van der Waals surface area contributed by atoms with Crippen molar-refractivity contribution in [2.75, 3.05) is 11.4 Å². The Morgan fingerprint density at radius 2 is 2.00 bits per heavy atom. The summed E-state index contributed by atoms with van der Waals surface area (Å²) in [5.74, 6) is -0.488. The van der Waals surface area contributed by atoms with Crippen LogP contribution in [0.25, 0.3) is 21.6 Å². The highest BCUT2D eigenvalue weighted by Crippen LogP contribution is 2.29. The maximum atomic E-state index is 13.5. The van der Waals surface area contributed by atoms with Crippen molar-refractivity contribution in [3.05, 3.63) is 65.4 Å². The normalized spacial score (nSPS) is 11.1.